The number of aryl methyl sites for hydroxylation is 1. The third kappa shape index (κ3) is 9.56. The molecule has 256 valence electrons. The fraction of sp³-hybridized carbons (Fsp3) is 0.432. The fourth-order valence-corrected chi connectivity index (χ4v) is 4.96. The lowest BCUT2D eigenvalue weighted by molar-refractivity contribution is -0.124. The average molecular weight is 656 g/mol. The van der Waals surface area contributed by atoms with Crippen LogP contribution in [0.5, 0.6) is 5.75 Å². The number of anilines is 2. The predicted octanol–water partition coefficient (Wildman–Crippen LogP) is 7.29. The zero-order valence-corrected chi connectivity index (χ0v) is 29.7. The number of nitrogens with one attached hydrogen (secondary N) is 2. The Morgan fingerprint density at radius 3 is 2.33 bits per heavy atom. The standard InChI is InChI=1S/C35H43N7O4.C2H6/c1-8-35(5,6)40-30(43)22-45-27-11-9-10-24(18-27)31-38-29-16-17-42(33(44)46-34(2,3)4)21-28(29)32(39-31)37-26-14-12-23(13-15-26)25-19-36-41(7)20-25;1-2/h9-15,18-20H,8,16-17,21-22H2,1-7H3,(H,40,43)(H,37,38,39);1-2H3. The van der Waals surface area contributed by atoms with Crippen molar-refractivity contribution in [2.45, 2.75) is 85.9 Å². The lowest BCUT2D eigenvalue weighted by Crippen LogP contribution is -2.44. The molecule has 4 aromatic rings. The number of aromatic nitrogens is 4. The molecule has 0 radical (unpaired) electrons. The summed E-state index contributed by atoms with van der Waals surface area (Å²) < 4.78 is 13.3. The molecule has 0 spiro atoms. The number of hydrogen-bond donors (Lipinski definition) is 2. The Bertz CT molecular complexity index is 1710. The van der Waals surface area contributed by atoms with Crippen LogP contribution in [0.25, 0.3) is 22.5 Å². The summed E-state index contributed by atoms with van der Waals surface area (Å²) in [4.78, 5) is 37.0. The van der Waals surface area contributed by atoms with E-state index in [2.05, 4.69) is 15.7 Å². The topological polar surface area (TPSA) is 123 Å². The highest BCUT2D eigenvalue weighted by molar-refractivity contribution is 5.78. The Morgan fingerprint density at radius 2 is 1.69 bits per heavy atom. The molecule has 0 atom stereocenters. The van der Waals surface area contributed by atoms with E-state index in [1.165, 1.54) is 0 Å². The van der Waals surface area contributed by atoms with Gasteiger partial charge in [-0.05, 0) is 70.9 Å². The van der Waals surface area contributed by atoms with E-state index in [1.54, 1.807) is 9.58 Å². The third-order valence-corrected chi connectivity index (χ3v) is 7.72. The molecular weight excluding hydrogens is 606 g/mol. The summed E-state index contributed by atoms with van der Waals surface area (Å²) in [6, 6.07) is 15.4. The summed E-state index contributed by atoms with van der Waals surface area (Å²) in [5.41, 5.74) is 4.44. The number of hydrogen-bond acceptors (Lipinski definition) is 8. The number of benzene rings is 2. The van der Waals surface area contributed by atoms with E-state index in [0.717, 1.165) is 40.1 Å². The van der Waals surface area contributed by atoms with Crippen molar-refractivity contribution in [3.8, 4) is 28.3 Å². The lowest BCUT2D eigenvalue weighted by atomic mass is 10.0. The molecule has 0 aliphatic carbocycles. The van der Waals surface area contributed by atoms with Crippen molar-refractivity contribution < 1.29 is 19.1 Å². The molecule has 2 aromatic heterocycles. The summed E-state index contributed by atoms with van der Waals surface area (Å²) in [6.45, 7) is 16.2. The van der Waals surface area contributed by atoms with Gasteiger partial charge >= 0.3 is 6.09 Å². The van der Waals surface area contributed by atoms with Gasteiger partial charge < -0.3 is 25.0 Å². The normalized spacial score (nSPS) is 12.7. The lowest BCUT2D eigenvalue weighted by Gasteiger charge is -2.31. The maximum atomic E-state index is 13.0. The molecule has 1 aliphatic heterocycles. The van der Waals surface area contributed by atoms with Crippen molar-refractivity contribution in [2.24, 2.45) is 7.05 Å². The van der Waals surface area contributed by atoms with Gasteiger partial charge in [-0.25, -0.2) is 14.8 Å². The zero-order valence-electron chi connectivity index (χ0n) is 29.7. The van der Waals surface area contributed by atoms with Crippen LogP contribution in [0.1, 0.15) is 73.1 Å². The number of rotatable bonds is 9. The highest BCUT2D eigenvalue weighted by Gasteiger charge is 2.29. The first-order chi connectivity index (χ1) is 22.8. The minimum atomic E-state index is -0.602. The molecule has 5 rings (SSSR count). The molecule has 2 aromatic carbocycles. The molecule has 3 heterocycles. The van der Waals surface area contributed by atoms with Crippen LogP contribution in [0, 0.1) is 0 Å². The van der Waals surface area contributed by atoms with Crippen LogP contribution in [0.15, 0.2) is 60.9 Å². The van der Waals surface area contributed by atoms with Crippen molar-refractivity contribution in [3.05, 3.63) is 72.2 Å². The molecule has 1 aliphatic rings. The minimum absolute atomic E-state index is 0.0970. The van der Waals surface area contributed by atoms with Gasteiger partial charge in [-0.1, -0.05) is 45.0 Å². The van der Waals surface area contributed by atoms with Crippen molar-refractivity contribution in [3.63, 3.8) is 0 Å². The van der Waals surface area contributed by atoms with Gasteiger partial charge in [0.15, 0.2) is 12.4 Å². The SMILES string of the molecule is CC.CCC(C)(C)NC(=O)COc1cccc(-c2nc3c(c(Nc4ccc(-c5cnn(C)c5)cc4)n2)CN(C(=O)OC(C)(C)C)CC3)c1. The Hall–Kier alpha value is -4.93. The van der Waals surface area contributed by atoms with Crippen LogP contribution >= 0.6 is 0 Å². The van der Waals surface area contributed by atoms with Crippen LogP contribution in [-0.2, 0) is 29.5 Å². The summed E-state index contributed by atoms with van der Waals surface area (Å²) in [7, 11) is 1.89. The molecule has 0 fully saturated rings. The Labute approximate surface area is 284 Å². The fourth-order valence-electron chi connectivity index (χ4n) is 4.96. The van der Waals surface area contributed by atoms with Crippen molar-refractivity contribution >= 4 is 23.5 Å². The van der Waals surface area contributed by atoms with Gasteiger partial charge in [0, 0.05) is 54.1 Å². The zero-order chi connectivity index (χ0) is 35.1. The molecule has 11 nitrogen and oxygen atoms in total. The summed E-state index contributed by atoms with van der Waals surface area (Å²) in [5.74, 6) is 1.48. The number of carbonyl (C=O) groups excluding carboxylic acids is 2. The second kappa shape index (κ2) is 15.3. The van der Waals surface area contributed by atoms with E-state index in [9.17, 15) is 9.59 Å². The number of amides is 2. The summed E-state index contributed by atoms with van der Waals surface area (Å²) in [5, 5.41) is 10.7. The molecule has 2 N–H and O–H groups in total. The van der Waals surface area contributed by atoms with E-state index < -0.39 is 5.60 Å². The Balaban J connectivity index is 0.00000255. The maximum Gasteiger partial charge on any atom is 0.410 e. The molecule has 0 unspecified atom stereocenters. The quantitative estimate of drug-likeness (QED) is 0.193. The largest absolute Gasteiger partial charge is 0.484 e. The van der Waals surface area contributed by atoms with Gasteiger partial charge in [0.25, 0.3) is 5.91 Å². The second-order valence-corrected chi connectivity index (χ2v) is 13.2. The summed E-state index contributed by atoms with van der Waals surface area (Å²) >= 11 is 0. The molecular formula is C37H49N7O4. The van der Waals surface area contributed by atoms with Gasteiger partial charge in [0.1, 0.15) is 17.2 Å². The van der Waals surface area contributed by atoms with Crippen LogP contribution in [-0.4, -0.2) is 60.9 Å². The molecule has 2 amide bonds. The first-order valence-electron chi connectivity index (χ1n) is 16.6. The number of ether oxygens (including phenoxy) is 2. The minimum Gasteiger partial charge on any atom is -0.484 e. The number of carbonyl (C=O) groups is 2. The van der Waals surface area contributed by atoms with E-state index >= 15 is 0 Å². The van der Waals surface area contributed by atoms with Gasteiger partial charge in [-0.2, -0.15) is 5.10 Å². The Kier molecular flexibility index (Phi) is 11.5. The van der Waals surface area contributed by atoms with E-state index in [0.29, 0.717) is 36.9 Å². The first-order valence-corrected chi connectivity index (χ1v) is 16.6. The smallest absolute Gasteiger partial charge is 0.410 e. The van der Waals surface area contributed by atoms with E-state index in [4.69, 9.17) is 19.4 Å². The van der Waals surface area contributed by atoms with E-state index in [-0.39, 0.29) is 24.1 Å². The molecule has 48 heavy (non-hydrogen) atoms. The van der Waals surface area contributed by atoms with Gasteiger partial charge in [0.05, 0.1) is 18.4 Å². The van der Waals surface area contributed by atoms with Gasteiger partial charge in [-0.3, -0.25) is 9.48 Å². The molecule has 0 bridgehead atoms. The maximum absolute atomic E-state index is 13.0. The van der Waals surface area contributed by atoms with Crippen molar-refractivity contribution in [2.75, 3.05) is 18.5 Å². The monoisotopic (exact) mass is 655 g/mol. The van der Waals surface area contributed by atoms with Crippen molar-refractivity contribution in [1.82, 2.24) is 30.0 Å². The average Bonchev–Trinajstić information content (AvgIpc) is 3.50. The van der Waals surface area contributed by atoms with Crippen LogP contribution in [0.3, 0.4) is 0 Å². The highest BCUT2D eigenvalue weighted by atomic mass is 16.6. The number of nitrogens with zero attached hydrogens (tertiary/aromatic N) is 5. The second-order valence-electron chi connectivity index (χ2n) is 13.2. The number of fused-ring (bicyclic) bond motifs is 1. The van der Waals surface area contributed by atoms with Crippen LogP contribution < -0.4 is 15.4 Å². The molecule has 0 saturated carbocycles. The predicted molar refractivity (Wildman–Crippen MR) is 189 cm³/mol. The molecule has 11 heteroatoms. The first kappa shape index (κ1) is 35.9. The van der Waals surface area contributed by atoms with Gasteiger partial charge in [-0.15, -0.1) is 0 Å². The summed E-state index contributed by atoms with van der Waals surface area (Å²) in [6.07, 6.45) is 4.78. The van der Waals surface area contributed by atoms with Gasteiger partial charge in [0.2, 0.25) is 0 Å². The van der Waals surface area contributed by atoms with Crippen LogP contribution in [0.4, 0.5) is 16.3 Å². The highest BCUT2D eigenvalue weighted by Crippen LogP contribution is 2.32. The van der Waals surface area contributed by atoms with Crippen molar-refractivity contribution in [1.29, 1.82) is 0 Å². The van der Waals surface area contributed by atoms with E-state index in [1.807, 2.05) is 123 Å². The Morgan fingerprint density at radius 1 is 0.958 bits per heavy atom. The molecule has 0 saturated heterocycles. The third-order valence-electron chi connectivity index (χ3n) is 7.72. The van der Waals surface area contributed by atoms with Crippen LogP contribution in [0.2, 0.25) is 0 Å².